The molecule has 1 amide bonds. The van der Waals surface area contributed by atoms with E-state index in [9.17, 15) is 13.2 Å². The highest BCUT2D eigenvalue weighted by atomic mass is 32.2. The van der Waals surface area contributed by atoms with Crippen LogP contribution in [0.3, 0.4) is 0 Å². The second-order valence-electron chi connectivity index (χ2n) is 6.47. The van der Waals surface area contributed by atoms with Crippen LogP contribution in [0.15, 0.2) is 23.1 Å². The summed E-state index contributed by atoms with van der Waals surface area (Å²) in [6, 6.07) is 4.63. The highest BCUT2D eigenvalue weighted by Crippen LogP contribution is 2.30. The van der Waals surface area contributed by atoms with Gasteiger partial charge in [0.1, 0.15) is 16.7 Å². The van der Waals surface area contributed by atoms with E-state index >= 15 is 0 Å². The Hall–Kier alpha value is -1.68. The number of amides is 1. The summed E-state index contributed by atoms with van der Waals surface area (Å²) in [6.07, 6.45) is 1.23. The molecule has 2 rings (SSSR count). The molecule has 1 N–H and O–H groups in total. The van der Waals surface area contributed by atoms with Crippen LogP contribution in [0.4, 0.5) is 5.69 Å². The maximum atomic E-state index is 13.1. The lowest BCUT2D eigenvalue weighted by Crippen LogP contribution is -2.40. The topological polar surface area (TPSA) is 94.2 Å². The second kappa shape index (κ2) is 10.8. The molecule has 1 saturated heterocycles. The predicted octanol–water partition coefficient (Wildman–Crippen LogP) is 2.25. The molecule has 1 aromatic carbocycles. The second-order valence-corrected chi connectivity index (χ2v) is 8.37. The number of sulfonamides is 1. The number of hydrogen-bond donors (Lipinski definition) is 1. The maximum Gasteiger partial charge on any atom is 0.253 e. The van der Waals surface area contributed by atoms with Gasteiger partial charge in [-0.25, -0.2) is 8.42 Å². The maximum absolute atomic E-state index is 13.1. The van der Waals surface area contributed by atoms with Crippen molar-refractivity contribution in [1.29, 1.82) is 0 Å². The van der Waals surface area contributed by atoms with Gasteiger partial charge in [0.15, 0.2) is 0 Å². The predicted molar refractivity (Wildman–Crippen MR) is 106 cm³/mol. The highest BCUT2D eigenvalue weighted by Gasteiger charge is 2.30. The minimum absolute atomic E-state index is 0.0357. The number of hydrogen-bond acceptors (Lipinski definition) is 6. The number of benzene rings is 1. The summed E-state index contributed by atoms with van der Waals surface area (Å²) in [6.45, 7) is 7.62. The van der Waals surface area contributed by atoms with Gasteiger partial charge < -0.3 is 19.5 Å². The number of nitrogens with one attached hydrogen (secondary N) is 1. The molecule has 0 spiro atoms. The van der Waals surface area contributed by atoms with Gasteiger partial charge in [-0.3, -0.25) is 4.79 Å². The number of rotatable bonds is 10. The monoisotopic (exact) mass is 414 g/mol. The number of unbranched alkanes of at least 4 members (excludes halogenated alkanes) is 1. The van der Waals surface area contributed by atoms with E-state index in [0.29, 0.717) is 32.1 Å². The average Bonchev–Trinajstić information content (AvgIpc) is 2.70. The van der Waals surface area contributed by atoms with Crippen molar-refractivity contribution in [3.05, 3.63) is 18.2 Å². The Morgan fingerprint density at radius 2 is 2.00 bits per heavy atom. The van der Waals surface area contributed by atoms with Gasteiger partial charge in [-0.15, -0.1) is 0 Å². The van der Waals surface area contributed by atoms with Gasteiger partial charge in [0.05, 0.1) is 19.8 Å². The van der Waals surface area contributed by atoms with Crippen LogP contribution in [0.5, 0.6) is 5.75 Å². The minimum atomic E-state index is -3.77. The molecule has 28 heavy (non-hydrogen) atoms. The van der Waals surface area contributed by atoms with Gasteiger partial charge in [0.2, 0.25) is 10.0 Å². The number of carbonyl (C=O) groups is 1. The van der Waals surface area contributed by atoms with Crippen molar-refractivity contribution in [3.63, 3.8) is 0 Å². The molecule has 1 atom stereocenters. The molecule has 0 aliphatic carbocycles. The lowest BCUT2D eigenvalue weighted by atomic mass is 10.2. The van der Waals surface area contributed by atoms with E-state index in [0.717, 1.165) is 12.8 Å². The summed E-state index contributed by atoms with van der Waals surface area (Å²) in [7, 11) is -3.77. The first kappa shape index (κ1) is 22.6. The molecule has 1 heterocycles. The molecule has 0 bridgehead atoms. The van der Waals surface area contributed by atoms with E-state index in [4.69, 9.17) is 14.2 Å². The smallest absolute Gasteiger partial charge is 0.253 e. The molecule has 1 aliphatic rings. The Bertz CT molecular complexity index is 747. The van der Waals surface area contributed by atoms with Crippen molar-refractivity contribution in [2.24, 2.45) is 0 Å². The van der Waals surface area contributed by atoms with E-state index in [1.807, 2.05) is 6.92 Å². The molecule has 1 aliphatic heterocycles. The molecule has 8 nitrogen and oxygen atoms in total. The van der Waals surface area contributed by atoms with Crippen molar-refractivity contribution >= 4 is 21.6 Å². The van der Waals surface area contributed by atoms with Crippen LogP contribution < -0.4 is 10.1 Å². The summed E-state index contributed by atoms with van der Waals surface area (Å²) >= 11 is 0. The van der Waals surface area contributed by atoms with Crippen LogP contribution in [-0.2, 0) is 24.3 Å². The van der Waals surface area contributed by atoms with Gasteiger partial charge in [0, 0.05) is 25.4 Å². The average molecular weight is 415 g/mol. The summed E-state index contributed by atoms with van der Waals surface area (Å²) in [5, 5.41) is 2.73. The Balaban J connectivity index is 2.21. The lowest BCUT2D eigenvalue weighted by Gasteiger charge is -2.27. The van der Waals surface area contributed by atoms with Crippen LogP contribution in [0, 0.1) is 0 Å². The zero-order valence-electron chi connectivity index (χ0n) is 16.8. The number of anilines is 1. The zero-order valence-corrected chi connectivity index (χ0v) is 17.6. The third-order valence-electron chi connectivity index (χ3n) is 4.33. The molecular formula is C19H30N2O6S. The number of carbonyl (C=O) groups excluding carboxylic acids is 1. The third-order valence-corrected chi connectivity index (χ3v) is 6.25. The number of ether oxygens (including phenoxy) is 3. The third kappa shape index (κ3) is 5.91. The Morgan fingerprint density at radius 1 is 1.29 bits per heavy atom. The minimum Gasteiger partial charge on any atom is -0.492 e. The summed E-state index contributed by atoms with van der Waals surface area (Å²) in [4.78, 5) is 12.4. The van der Waals surface area contributed by atoms with Crippen LogP contribution in [0.2, 0.25) is 0 Å². The Kier molecular flexibility index (Phi) is 8.68. The molecule has 9 heteroatoms. The fraction of sp³-hybridized carbons (Fsp3) is 0.632. The fourth-order valence-electron chi connectivity index (χ4n) is 2.71. The zero-order chi connectivity index (χ0) is 20.6. The van der Waals surface area contributed by atoms with Crippen LogP contribution in [-0.4, -0.2) is 64.3 Å². The lowest BCUT2D eigenvalue weighted by molar-refractivity contribution is -0.126. The van der Waals surface area contributed by atoms with Crippen molar-refractivity contribution in [2.45, 2.75) is 44.6 Å². The first-order valence-electron chi connectivity index (χ1n) is 9.67. The van der Waals surface area contributed by atoms with Crippen molar-refractivity contribution in [3.8, 4) is 5.75 Å². The Morgan fingerprint density at radius 3 is 2.64 bits per heavy atom. The van der Waals surface area contributed by atoms with E-state index in [1.165, 1.54) is 10.4 Å². The molecular weight excluding hydrogens is 384 g/mol. The van der Waals surface area contributed by atoms with Crippen LogP contribution in [0.25, 0.3) is 0 Å². The summed E-state index contributed by atoms with van der Waals surface area (Å²) in [5.41, 5.74) is 0.381. The van der Waals surface area contributed by atoms with E-state index < -0.39 is 16.1 Å². The quantitative estimate of drug-likeness (QED) is 0.590. The van der Waals surface area contributed by atoms with Gasteiger partial charge >= 0.3 is 0 Å². The molecule has 1 aromatic rings. The van der Waals surface area contributed by atoms with Crippen LogP contribution in [0.1, 0.15) is 33.6 Å². The largest absolute Gasteiger partial charge is 0.492 e. The van der Waals surface area contributed by atoms with Gasteiger partial charge in [0.25, 0.3) is 5.91 Å². The van der Waals surface area contributed by atoms with E-state index in [2.05, 4.69) is 5.32 Å². The first-order valence-corrected chi connectivity index (χ1v) is 11.1. The number of morpholine rings is 1. The fourth-order valence-corrected chi connectivity index (χ4v) is 4.28. The van der Waals surface area contributed by atoms with Gasteiger partial charge in [-0.1, -0.05) is 13.3 Å². The van der Waals surface area contributed by atoms with E-state index in [1.54, 1.807) is 26.0 Å². The Labute approximate surface area is 167 Å². The normalized spacial score (nSPS) is 16.5. The SMILES string of the molecule is CCCCOC(C)C(=O)Nc1ccc(OCC)c(S(=O)(=O)N2CCOCC2)c1. The van der Waals surface area contributed by atoms with Crippen molar-refractivity contribution in [2.75, 3.05) is 44.8 Å². The summed E-state index contributed by atoms with van der Waals surface area (Å²) in [5.74, 6) is -0.0609. The molecule has 158 valence electrons. The molecule has 1 unspecified atom stereocenters. The standard InChI is InChI=1S/C19H30N2O6S/c1-4-6-11-27-15(3)19(22)20-16-7-8-17(26-5-2)18(14-16)28(23,24)21-9-12-25-13-10-21/h7-8,14-15H,4-6,9-13H2,1-3H3,(H,20,22). The van der Waals surface area contributed by atoms with E-state index in [-0.39, 0.29) is 29.6 Å². The highest BCUT2D eigenvalue weighted by molar-refractivity contribution is 7.89. The van der Waals surface area contributed by atoms with Crippen LogP contribution >= 0.6 is 0 Å². The molecule has 0 aromatic heterocycles. The number of nitrogens with zero attached hydrogens (tertiary/aromatic N) is 1. The van der Waals surface area contributed by atoms with Gasteiger partial charge in [-0.05, 0) is 38.5 Å². The van der Waals surface area contributed by atoms with Crippen molar-refractivity contribution < 1.29 is 27.4 Å². The first-order chi connectivity index (χ1) is 13.4. The van der Waals surface area contributed by atoms with Gasteiger partial charge in [-0.2, -0.15) is 4.31 Å². The molecule has 1 fully saturated rings. The van der Waals surface area contributed by atoms with Crippen molar-refractivity contribution in [1.82, 2.24) is 4.31 Å². The molecule has 0 radical (unpaired) electrons. The summed E-state index contributed by atoms with van der Waals surface area (Å²) < 4.78 is 43.8. The molecule has 0 saturated carbocycles.